The summed E-state index contributed by atoms with van der Waals surface area (Å²) in [6.07, 6.45) is 1.08. The Labute approximate surface area is 148 Å². The zero-order valence-corrected chi connectivity index (χ0v) is 15.6. The van der Waals surface area contributed by atoms with Crippen LogP contribution in [0.25, 0.3) is 11.0 Å². The van der Waals surface area contributed by atoms with E-state index in [1.807, 2.05) is 45.0 Å². The number of hydrogen-bond acceptors (Lipinski definition) is 3. The van der Waals surface area contributed by atoms with Gasteiger partial charge in [-0.05, 0) is 31.4 Å². The summed E-state index contributed by atoms with van der Waals surface area (Å²) in [5.41, 5.74) is 0.731. The first kappa shape index (κ1) is 19.2. The first-order valence-corrected chi connectivity index (χ1v) is 8.95. The van der Waals surface area contributed by atoms with Gasteiger partial charge < -0.3 is 10.4 Å². The van der Waals surface area contributed by atoms with Crippen molar-refractivity contribution in [2.75, 3.05) is 6.54 Å². The Kier molecular flexibility index (Phi) is 6.06. The number of nitrogens with one attached hydrogen (secondary N) is 1. The molecule has 0 aliphatic rings. The number of amides is 1. The second-order valence-electron chi connectivity index (χ2n) is 7.11. The monoisotopic (exact) mass is 347 g/mol. The summed E-state index contributed by atoms with van der Waals surface area (Å²) < 4.78 is 3.42. The molecule has 0 aliphatic heterocycles. The van der Waals surface area contributed by atoms with E-state index in [1.165, 1.54) is 0 Å². The summed E-state index contributed by atoms with van der Waals surface area (Å²) in [4.78, 5) is 24.8. The number of hydrogen-bond donors (Lipinski definition) is 2. The smallest absolute Gasteiger partial charge is 0.329 e. The molecule has 2 N–H and O–H groups in total. The SMILES string of the molecule is CCCn1c(=O)n(CCC(=O)NCC(C)(O)C(C)C)c2ccccc21. The van der Waals surface area contributed by atoms with Crippen molar-refractivity contribution in [2.45, 2.75) is 59.2 Å². The third-order valence-corrected chi connectivity index (χ3v) is 4.82. The second-order valence-corrected chi connectivity index (χ2v) is 7.11. The summed E-state index contributed by atoms with van der Waals surface area (Å²) in [5.74, 6) is -0.123. The van der Waals surface area contributed by atoms with Gasteiger partial charge in [-0.3, -0.25) is 13.9 Å². The average Bonchev–Trinajstić information content (AvgIpc) is 2.83. The Balaban J connectivity index is 2.10. The Hall–Kier alpha value is -2.08. The number of para-hydroxylation sites is 2. The maximum atomic E-state index is 12.7. The van der Waals surface area contributed by atoms with Gasteiger partial charge in [-0.1, -0.05) is 32.9 Å². The van der Waals surface area contributed by atoms with Crippen molar-refractivity contribution >= 4 is 16.9 Å². The third kappa shape index (κ3) is 4.31. The minimum Gasteiger partial charge on any atom is -0.388 e. The number of carbonyl (C=O) groups is 1. The van der Waals surface area contributed by atoms with E-state index >= 15 is 0 Å². The van der Waals surface area contributed by atoms with Gasteiger partial charge >= 0.3 is 5.69 Å². The van der Waals surface area contributed by atoms with Crippen molar-refractivity contribution in [1.82, 2.24) is 14.5 Å². The van der Waals surface area contributed by atoms with E-state index in [0.29, 0.717) is 13.1 Å². The van der Waals surface area contributed by atoms with E-state index in [2.05, 4.69) is 5.32 Å². The minimum absolute atomic E-state index is 0.0439. The summed E-state index contributed by atoms with van der Waals surface area (Å²) in [7, 11) is 0. The predicted molar refractivity (Wildman–Crippen MR) is 99.6 cm³/mol. The quantitative estimate of drug-likeness (QED) is 0.768. The molecule has 0 fully saturated rings. The topological polar surface area (TPSA) is 76.3 Å². The highest BCUT2D eigenvalue weighted by Crippen LogP contribution is 2.15. The Morgan fingerprint density at radius 2 is 1.76 bits per heavy atom. The van der Waals surface area contributed by atoms with E-state index < -0.39 is 5.60 Å². The molecule has 2 rings (SSSR count). The molecule has 0 spiro atoms. The summed E-state index contributed by atoms with van der Waals surface area (Å²) in [5, 5.41) is 13.0. The van der Waals surface area contributed by atoms with Crippen LogP contribution in [0.15, 0.2) is 29.1 Å². The van der Waals surface area contributed by atoms with Crippen molar-refractivity contribution in [2.24, 2.45) is 5.92 Å². The first-order chi connectivity index (χ1) is 11.8. The lowest BCUT2D eigenvalue weighted by molar-refractivity contribution is -0.122. The average molecular weight is 347 g/mol. The van der Waals surface area contributed by atoms with Crippen molar-refractivity contribution in [3.63, 3.8) is 0 Å². The van der Waals surface area contributed by atoms with Crippen molar-refractivity contribution in [3.05, 3.63) is 34.7 Å². The van der Waals surface area contributed by atoms with Crippen LogP contribution in [0.2, 0.25) is 0 Å². The summed E-state index contributed by atoms with van der Waals surface area (Å²) >= 11 is 0. The molecule has 1 aromatic heterocycles. The number of rotatable bonds is 8. The number of benzene rings is 1. The van der Waals surface area contributed by atoms with Crippen LogP contribution in [0.3, 0.4) is 0 Å². The standard InChI is InChI=1S/C19H29N3O3/c1-5-11-21-15-8-6-7-9-16(15)22(18(21)24)12-10-17(23)20-13-19(4,25)14(2)3/h6-9,14,25H,5,10-13H2,1-4H3,(H,20,23). The lowest BCUT2D eigenvalue weighted by atomic mass is 9.92. The number of imidazole rings is 1. The first-order valence-electron chi connectivity index (χ1n) is 8.95. The molecule has 138 valence electrons. The highest BCUT2D eigenvalue weighted by Gasteiger charge is 2.25. The number of carbonyl (C=O) groups excluding carboxylic acids is 1. The third-order valence-electron chi connectivity index (χ3n) is 4.82. The molecular weight excluding hydrogens is 318 g/mol. The van der Waals surface area contributed by atoms with Gasteiger partial charge in [0.15, 0.2) is 0 Å². The van der Waals surface area contributed by atoms with Crippen LogP contribution in [0, 0.1) is 5.92 Å². The molecular formula is C19H29N3O3. The Morgan fingerprint density at radius 3 is 2.28 bits per heavy atom. The van der Waals surface area contributed by atoms with Gasteiger partial charge in [-0.2, -0.15) is 0 Å². The number of fused-ring (bicyclic) bond motifs is 1. The molecule has 25 heavy (non-hydrogen) atoms. The molecule has 6 heteroatoms. The molecule has 0 bridgehead atoms. The summed E-state index contributed by atoms with van der Waals surface area (Å²) in [6.45, 7) is 8.76. The summed E-state index contributed by atoms with van der Waals surface area (Å²) in [6, 6.07) is 7.65. The molecule has 1 unspecified atom stereocenters. The number of aromatic nitrogens is 2. The zero-order valence-electron chi connectivity index (χ0n) is 15.6. The van der Waals surface area contributed by atoms with Gasteiger partial charge in [0.2, 0.25) is 5.91 Å². The van der Waals surface area contributed by atoms with Crippen LogP contribution in [-0.2, 0) is 17.9 Å². The fourth-order valence-electron chi connectivity index (χ4n) is 2.71. The lowest BCUT2D eigenvalue weighted by Crippen LogP contribution is -2.44. The van der Waals surface area contributed by atoms with Gasteiger partial charge in [-0.15, -0.1) is 0 Å². The van der Waals surface area contributed by atoms with Gasteiger partial charge in [0.1, 0.15) is 0 Å². The molecule has 0 aliphatic carbocycles. The highest BCUT2D eigenvalue weighted by atomic mass is 16.3. The van der Waals surface area contributed by atoms with Crippen LogP contribution in [-0.4, -0.2) is 32.3 Å². The predicted octanol–water partition coefficient (Wildman–Crippen LogP) is 2.13. The fourth-order valence-corrected chi connectivity index (χ4v) is 2.71. The van der Waals surface area contributed by atoms with Gasteiger partial charge in [0, 0.05) is 26.1 Å². The highest BCUT2D eigenvalue weighted by molar-refractivity contribution is 5.78. The van der Waals surface area contributed by atoms with E-state index in [-0.39, 0.29) is 30.5 Å². The Bertz CT molecular complexity index is 787. The van der Waals surface area contributed by atoms with E-state index in [0.717, 1.165) is 17.5 Å². The molecule has 6 nitrogen and oxygen atoms in total. The minimum atomic E-state index is -0.941. The zero-order chi connectivity index (χ0) is 18.6. The molecule has 1 amide bonds. The Morgan fingerprint density at radius 1 is 1.20 bits per heavy atom. The molecule has 1 heterocycles. The van der Waals surface area contributed by atoms with Crippen LogP contribution in [0.4, 0.5) is 0 Å². The number of nitrogens with zero attached hydrogens (tertiary/aromatic N) is 2. The van der Waals surface area contributed by atoms with E-state index in [9.17, 15) is 14.7 Å². The molecule has 0 saturated carbocycles. The molecule has 1 atom stereocenters. The molecule has 0 saturated heterocycles. The van der Waals surface area contributed by atoms with Gasteiger partial charge in [-0.25, -0.2) is 4.79 Å². The van der Waals surface area contributed by atoms with Gasteiger partial charge in [0.05, 0.1) is 16.6 Å². The van der Waals surface area contributed by atoms with E-state index in [1.54, 1.807) is 16.1 Å². The molecule has 1 aromatic carbocycles. The van der Waals surface area contributed by atoms with Crippen molar-refractivity contribution < 1.29 is 9.90 Å². The second kappa shape index (κ2) is 7.87. The molecule has 2 aromatic rings. The van der Waals surface area contributed by atoms with Gasteiger partial charge in [0.25, 0.3) is 0 Å². The number of aliphatic hydroxyl groups is 1. The maximum Gasteiger partial charge on any atom is 0.329 e. The van der Waals surface area contributed by atoms with Crippen LogP contribution in [0.5, 0.6) is 0 Å². The van der Waals surface area contributed by atoms with Crippen molar-refractivity contribution in [1.29, 1.82) is 0 Å². The normalized spacial score (nSPS) is 14.0. The number of aryl methyl sites for hydroxylation is 2. The largest absolute Gasteiger partial charge is 0.388 e. The van der Waals surface area contributed by atoms with Crippen molar-refractivity contribution in [3.8, 4) is 0 Å². The van der Waals surface area contributed by atoms with Crippen LogP contribution >= 0.6 is 0 Å². The molecule has 0 radical (unpaired) electrons. The lowest BCUT2D eigenvalue weighted by Gasteiger charge is -2.27. The van der Waals surface area contributed by atoms with Crippen LogP contribution < -0.4 is 11.0 Å². The fraction of sp³-hybridized carbons (Fsp3) is 0.579. The van der Waals surface area contributed by atoms with E-state index in [4.69, 9.17) is 0 Å². The maximum absolute atomic E-state index is 12.7. The van der Waals surface area contributed by atoms with Crippen LogP contribution in [0.1, 0.15) is 40.5 Å².